The van der Waals surface area contributed by atoms with Gasteiger partial charge in [0.15, 0.2) is 0 Å². The fraction of sp³-hybridized carbons (Fsp3) is 0.500. The van der Waals surface area contributed by atoms with Crippen molar-refractivity contribution >= 4 is 17.5 Å². The third-order valence-electron chi connectivity index (χ3n) is 3.46. The molecule has 0 spiro atoms. The summed E-state index contributed by atoms with van der Waals surface area (Å²) in [5.41, 5.74) is -0.779. The molecular formula is C16H22F2N2O3. The van der Waals surface area contributed by atoms with Crippen molar-refractivity contribution in [1.82, 2.24) is 5.32 Å². The fourth-order valence-corrected chi connectivity index (χ4v) is 2.21. The van der Waals surface area contributed by atoms with Crippen LogP contribution >= 0.6 is 0 Å². The highest BCUT2D eigenvalue weighted by Crippen LogP contribution is 2.25. The molecule has 0 aromatic heterocycles. The fourth-order valence-electron chi connectivity index (χ4n) is 2.21. The van der Waals surface area contributed by atoms with E-state index >= 15 is 0 Å². The van der Waals surface area contributed by atoms with Gasteiger partial charge < -0.3 is 15.7 Å². The van der Waals surface area contributed by atoms with Crippen molar-refractivity contribution in [3.63, 3.8) is 0 Å². The Hall–Kier alpha value is -2.02. The zero-order valence-electron chi connectivity index (χ0n) is 13.6. The summed E-state index contributed by atoms with van der Waals surface area (Å²) >= 11 is 0. The van der Waals surface area contributed by atoms with Crippen LogP contribution in [0.2, 0.25) is 0 Å². The van der Waals surface area contributed by atoms with E-state index in [4.69, 9.17) is 0 Å². The van der Waals surface area contributed by atoms with E-state index in [1.54, 1.807) is 13.8 Å². The number of aliphatic hydroxyl groups is 1. The Morgan fingerprint density at radius 1 is 1.13 bits per heavy atom. The minimum absolute atomic E-state index is 0.00834. The number of hydrogen-bond donors (Lipinski definition) is 3. The molecule has 0 radical (unpaired) electrons. The minimum atomic E-state index is -1.04. The maximum atomic E-state index is 13.0. The summed E-state index contributed by atoms with van der Waals surface area (Å²) in [6, 6.07) is 2.47. The van der Waals surface area contributed by atoms with Crippen molar-refractivity contribution in [2.75, 3.05) is 11.9 Å². The monoisotopic (exact) mass is 328 g/mol. The second kappa shape index (κ2) is 7.50. The largest absolute Gasteiger partial charge is 0.392 e. The maximum absolute atomic E-state index is 13.0. The zero-order chi connectivity index (χ0) is 17.8. The van der Waals surface area contributed by atoms with Gasteiger partial charge in [0.05, 0.1) is 6.10 Å². The van der Waals surface area contributed by atoms with E-state index < -0.39 is 35.0 Å². The highest BCUT2D eigenvalue weighted by Gasteiger charge is 2.31. The molecule has 0 heterocycles. The van der Waals surface area contributed by atoms with Crippen LogP contribution in [0.15, 0.2) is 18.2 Å². The van der Waals surface area contributed by atoms with Crippen molar-refractivity contribution < 1.29 is 23.5 Å². The summed E-state index contributed by atoms with van der Waals surface area (Å²) in [6.45, 7) is 7.30. The Morgan fingerprint density at radius 3 is 2.13 bits per heavy atom. The van der Waals surface area contributed by atoms with Crippen LogP contribution in [0.5, 0.6) is 0 Å². The van der Waals surface area contributed by atoms with Crippen molar-refractivity contribution in [2.45, 2.75) is 33.8 Å². The molecule has 1 aromatic rings. The van der Waals surface area contributed by atoms with Gasteiger partial charge in [-0.15, -0.1) is 0 Å². The van der Waals surface area contributed by atoms with Crippen LogP contribution in [0.4, 0.5) is 14.5 Å². The summed E-state index contributed by atoms with van der Waals surface area (Å²) in [6.07, 6.45) is -0.664. The second-order valence-corrected chi connectivity index (χ2v) is 6.47. The quantitative estimate of drug-likeness (QED) is 0.724. The first-order chi connectivity index (χ1) is 10.5. The van der Waals surface area contributed by atoms with Gasteiger partial charge in [-0.1, -0.05) is 27.7 Å². The third-order valence-corrected chi connectivity index (χ3v) is 3.46. The molecule has 0 aliphatic carbocycles. The van der Waals surface area contributed by atoms with Gasteiger partial charge in [0.1, 0.15) is 11.6 Å². The number of benzene rings is 1. The Morgan fingerprint density at radius 2 is 1.65 bits per heavy atom. The number of carbonyl (C=O) groups excluding carboxylic acids is 2. The normalized spacial score (nSPS) is 12.9. The van der Waals surface area contributed by atoms with Crippen LogP contribution in [0.3, 0.4) is 0 Å². The Balaban J connectivity index is 2.62. The molecule has 0 saturated carbocycles. The van der Waals surface area contributed by atoms with E-state index in [0.717, 1.165) is 12.1 Å². The second-order valence-electron chi connectivity index (χ2n) is 6.47. The lowest BCUT2D eigenvalue weighted by atomic mass is 9.81. The summed E-state index contributed by atoms with van der Waals surface area (Å²) in [5, 5.41) is 14.6. The molecule has 5 nitrogen and oxygen atoms in total. The van der Waals surface area contributed by atoms with Crippen LogP contribution in [0.25, 0.3) is 0 Å². The van der Waals surface area contributed by atoms with E-state index in [-0.39, 0.29) is 18.2 Å². The first-order valence-corrected chi connectivity index (χ1v) is 7.26. The van der Waals surface area contributed by atoms with E-state index in [1.807, 2.05) is 13.8 Å². The van der Waals surface area contributed by atoms with Crippen LogP contribution in [0.1, 0.15) is 27.7 Å². The van der Waals surface area contributed by atoms with Crippen molar-refractivity contribution in [3.8, 4) is 0 Å². The van der Waals surface area contributed by atoms with Crippen molar-refractivity contribution in [3.05, 3.63) is 29.8 Å². The van der Waals surface area contributed by atoms with Gasteiger partial charge in [0, 0.05) is 23.7 Å². The first kappa shape index (κ1) is 19.0. The number of amides is 2. The van der Waals surface area contributed by atoms with E-state index in [1.165, 1.54) is 0 Å². The first-order valence-electron chi connectivity index (χ1n) is 7.26. The van der Waals surface area contributed by atoms with Gasteiger partial charge in [0.25, 0.3) is 0 Å². The number of aliphatic hydroxyl groups excluding tert-OH is 1. The van der Waals surface area contributed by atoms with E-state index in [0.29, 0.717) is 6.07 Å². The SMILES string of the molecule is CC(C)C(O)C(C)(C)CNC(=O)C(=O)Nc1cc(F)cc(F)c1. The lowest BCUT2D eigenvalue weighted by Gasteiger charge is -2.33. The molecule has 1 aromatic carbocycles. The number of hydrogen-bond acceptors (Lipinski definition) is 3. The highest BCUT2D eigenvalue weighted by molar-refractivity contribution is 6.39. The zero-order valence-corrected chi connectivity index (χ0v) is 13.6. The number of anilines is 1. The molecule has 7 heteroatoms. The van der Waals surface area contributed by atoms with Crippen molar-refractivity contribution in [1.29, 1.82) is 0 Å². The predicted molar refractivity (Wildman–Crippen MR) is 82.6 cm³/mol. The van der Waals surface area contributed by atoms with Crippen LogP contribution in [-0.4, -0.2) is 29.6 Å². The summed E-state index contributed by atoms with van der Waals surface area (Å²) in [5.74, 6) is -3.71. The van der Waals surface area contributed by atoms with Crippen LogP contribution in [-0.2, 0) is 9.59 Å². The van der Waals surface area contributed by atoms with Gasteiger partial charge in [-0.05, 0) is 18.1 Å². The molecule has 1 unspecified atom stereocenters. The van der Waals surface area contributed by atoms with Crippen molar-refractivity contribution in [2.24, 2.45) is 11.3 Å². The Kier molecular flexibility index (Phi) is 6.20. The topological polar surface area (TPSA) is 78.4 Å². The van der Waals surface area contributed by atoms with Crippen LogP contribution in [0, 0.1) is 23.0 Å². The molecule has 0 fully saturated rings. The number of rotatable bonds is 5. The molecule has 128 valence electrons. The minimum Gasteiger partial charge on any atom is -0.392 e. The molecule has 0 aliphatic rings. The Bertz CT molecular complexity index is 568. The lowest BCUT2D eigenvalue weighted by molar-refractivity contribution is -0.136. The smallest absolute Gasteiger partial charge is 0.313 e. The molecule has 0 saturated heterocycles. The molecule has 2 amide bonds. The molecule has 0 aliphatic heterocycles. The summed E-state index contributed by atoms with van der Waals surface area (Å²) in [4.78, 5) is 23.5. The van der Waals surface area contributed by atoms with Gasteiger partial charge in [0.2, 0.25) is 0 Å². The van der Waals surface area contributed by atoms with Gasteiger partial charge in [-0.25, -0.2) is 8.78 Å². The van der Waals surface area contributed by atoms with Gasteiger partial charge >= 0.3 is 11.8 Å². The van der Waals surface area contributed by atoms with E-state index in [2.05, 4.69) is 10.6 Å². The molecular weight excluding hydrogens is 306 g/mol. The average molecular weight is 328 g/mol. The standard InChI is InChI=1S/C16H22F2N2O3/c1-9(2)13(21)16(3,4)8-19-14(22)15(23)20-12-6-10(17)5-11(18)7-12/h5-7,9,13,21H,8H2,1-4H3,(H,19,22)(H,20,23). The molecule has 23 heavy (non-hydrogen) atoms. The number of halogens is 2. The highest BCUT2D eigenvalue weighted by atomic mass is 19.1. The Labute approximate surface area is 134 Å². The molecule has 3 N–H and O–H groups in total. The average Bonchev–Trinajstić information content (AvgIpc) is 2.42. The number of nitrogens with one attached hydrogen (secondary N) is 2. The predicted octanol–water partition coefficient (Wildman–Crippen LogP) is 2.06. The number of carbonyl (C=O) groups is 2. The van der Waals surface area contributed by atoms with Gasteiger partial charge in [-0.2, -0.15) is 0 Å². The van der Waals surface area contributed by atoms with E-state index in [9.17, 15) is 23.5 Å². The summed E-state index contributed by atoms with van der Waals surface area (Å²) < 4.78 is 26.1. The molecule has 1 atom stereocenters. The lowest BCUT2D eigenvalue weighted by Crippen LogP contribution is -2.46. The third kappa shape index (κ3) is 5.59. The van der Waals surface area contributed by atoms with Crippen LogP contribution < -0.4 is 10.6 Å². The molecule has 0 bridgehead atoms. The maximum Gasteiger partial charge on any atom is 0.313 e. The molecule has 1 rings (SSSR count). The summed E-state index contributed by atoms with van der Waals surface area (Å²) in [7, 11) is 0. The van der Waals surface area contributed by atoms with Gasteiger partial charge in [-0.3, -0.25) is 9.59 Å².